The third-order valence-electron chi connectivity index (χ3n) is 4.56. The lowest BCUT2D eigenvalue weighted by molar-refractivity contribution is -0.160. The van der Waals surface area contributed by atoms with E-state index in [0.29, 0.717) is 25.7 Å². The van der Waals surface area contributed by atoms with E-state index in [1.807, 2.05) is 0 Å². The fourth-order valence-corrected chi connectivity index (χ4v) is 2.84. The van der Waals surface area contributed by atoms with Crippen LogP contribution in [0.1, 0.15) is 103 Å². The molecule has 0 amide bonds. The zero-order valence-electron chi connectivity index (χ0n) is 18.6. The van der Waals surface area contributed by atoms with Crippen LogP contribution in [0.3, 0.4) is 0 Å². The minimum absolute atomic E-state index is 0.0907. The molecular weight excluding hydrogens is 422 g/mol. The SMILES string of the molecule is N=C(CCC(=O)OC(=O)CCCCCCCC(=O)O)OC(=O)CCCCCCCC(=O)O. The summed E-state index contributed by atoms with van der Waals surface area (Å²) in [4.78, 5) is 55.7. The van der Waals surface area contributed by atoms with Crippen LogP contribution in [0, 0.1) is 5.41 Å². The topological polar surface area (TPSA) is 168 Å². The molecule has 0 aliphatic rings. The summed E-state index contributed by atoms with van der Waals surface area (Å²) in [5, 5.41) is 24.7. The van der Waals surface area contributed by atoms with Crippen molar-refractivity contribution in [2.45, 2.75) is 103 Å². The molecule has 0 aliphatic heterocycles. The summed E-state index contributed by atoms with van der Waals surface area (Å²) in [5.41, 5.74) is 0. The Bertz CT molecular complexity index is 577. The third-order valence-corrected chi connectivity index (χ3v) is 4.56. The van der Waals surface area contributed by atoms with Gasteiger partial charge in [0, 0.05) is 32.1 Å². The number of carbonyl (C=O) groups excluding carboxylic acids is 3. The molecule has 0 fully saturated rings. The number of carboxylic acids is 2. The van der Waals surface area contributed by atoms with Crippen molar-refractivity contribution < 1.29 is 43.7 Å². The van der Waals surface area contributed by atoms with Gasteiger partial charge in [-0.25, -0.2) is 0 Å². The zero-order chi connectivity index (χ0) is 24.2. The van der Waals surface area contributed by atoms with Gasteiger partial charge in [0.15, 0.2) is 5.90 Å². The molecular formula is C22H35NO9. The van der Waals surface area contributed by atoms with E-state index < -0.39 is 29.8 Å². The molecule has 0 saturated carbocycles. The van der Waals surface area contributed by atoms with E-state index in [4.69, 9.17) is 20.4 Å². The Balaban J connectivity index is 3.69. The lowest BCUT2D eigenvalue weighted by Crippen LogP contribution is -2.16. The average Bonchev–Trinajstić information content (AvgIpc) is 2.70. The number of nitrogens with one attached hydrogen (secondary N) is 1. The molecule has 10 heteroatoms. The second-order valence-corrected chi connectivity index (χ2v) is 7.57. The minimum Gasteiger partial charge on any atom is -0.481 e. The fourth-order valence-electron chi connectivity index (χ4n) is 2.84. The van der Waals surface area contributed by atoms with Crippen molar-refractivity contribution in [1.82, 2.24) is 0 Å². The number of esters is 3. The van der Waals surface area contributed by atoms with E-state index in [9.17, 15) is 24.0 Å². The Morgan fingerprint density at radius 1 is 0.469 bits per heavy atom. The van der Waals surface area contributed by atoms with Crippen LogP contribution in [0.2, 0.25) is 0 Å². The molecule has 0 aromatic rings. The van der Waals surface area contributed by atoms with Gasteiger partial charge in [0.1, 0.15) is 0 Å². The maximum Gasteiger partial charge on any atom is 0.313 e. The summed E-state index contributed by atoms with van der Waals surface area (Å²) in [5.74, 6) is -3.99. The summed E-state index contributed by atoms with van der Waals surface area (Å²) in [6, 6.07) is 0. The largest absolute Gasteiger partial charge is 0.481 e. The highest BCUT2D eigenvalue weighted by molar-refractivity contribution is 5.90. The molecule has 0 unspecified atom stereocenters. The number of carboxylic acid groups (broad SMARTS) is 2. The normalized spacial score (nSPS) is 10.4. The van der Waals surface area contributed by atoms with Gasteiger partial charge in [0.25, 0.3) is 0 Å². The highest BCUT2D eigenvalue weighted by Crippen LogP contribution is 2.10. The number of aliphatic carboxylic acids is 2. The van der Waals surface area contributed by atoms with Crippen molar-refractivity contribution in [3.8, 4) is 0 Å². The van der Waals surface area contributed by atoms with Crippen molar-refractivity contribution in [2.24, 2.45) is 0 Å². The molecule has 0 aromatic heterocycles. The van der Waals surface area contributed by atoms with Crippen LogP contribution in [-0.4, -0.2) is 46.0 Å². The predicted molar refractivity (Wildman–Crippen MR) is 114 cm³/mol. The van der Waals surface area contributed by atoms with Gasteiger partial charge in [0.05, 0.1) is 6.42 Å². The Hall–Kier alpha value is -2.78. The van der Waals surface area contributed by atoms with Gasteiger partial charge in [-0.1, -0.05) is 38.5 Å². The number of carbonyl (C=O) groups is 5. The van der Waals surface area contributed by atoms with Crippen molar-refractivity contribution in [1.29, 1.82) is 5.41 Å². The lowest BCUT2D eigenvalue weighted by atomic mass is 10.1. The van der Waals surface area contributed by atoms with Crippen molar-refractivity contribution in [3.05, 3.63) is 0 Å². The molecule has 0 saturated heterocycles. The highest BCUT2D eigenvalue weighted by Gasteiger charge is 2.13. The summed E-state index contributed by atoms with van der Waals surface area (Å²) in [6.45, 7) is 0. The molecule has 182 valence electrons. The first-order valence-electron chi connectivity index (χ1n) is 11.2. The number of ether oxygens (including phenoxy) is 2. The second-order valence-electron chi connectivity index (χ2n) is 7.57. The van der Waals surface area contributed by atoms with Gasteiger partial charge in [-0.3, -0.25) is 29.4 Å². The van der Waals surface area contributed by atoms with Crippen molar-refractivity contribution >= 4 is 35.7 Å². The Kier molecular flexibility index (Phi) is 17.3. The molecule has 3 N–H and O–H groups in total. The Morgan fingerprint density at radius 3 is 1.25 bits per heavy atom. The standard InChI is InChI=1S/C22H35NO9/c23-17(31-20(28)13-9-5-1-3-7-11-18(24)25)15-16-22(30)32-21(29)14-10-6-2-4-8-12-19(26)27/h23H,1-16H2,(H,24,25)(H,26,27). The van der Waals surface area contributed by atoms with E-state index in [0.717, 1.165) is 38.5 Å². The third kappa shape index (κ3) is 20.5. The zero-order valence-corrected chi connectivity index (χ0v) is 18.6. The number of hydrogen-bond acceptors (Lipinski definition) is 8. The van der Waals surface area contributed by atoms with Crippen LogP contribution in [0.25, 0.3) is 0 Å². The quantitative estimate of drug-likeness (QED) is 0.0853. The first-order valence-corrected chi connectivity index (χ1v) is 11.2. The van der Waals surface area contributed by atoms with Gasteiger partial charge in [-0.2, -0.15) is 0 Å². The van der Waals surface area contributed by atoms with Gasteiger partial charge >= 0.3 is 29.8 Å². The van der Waals surface area contributed by atoms with Gasteiger partial charge in [-0.15, -0.1) is 0 Å². The summed E-state index contributed by atoms with van der Waals surface area (Å²) in [6.07, 6.45) is 7.15. The van der Waals surface area contributed by atoms with E-state index >= 15 is 0 Å². The van der Waals surface area contributed by atoms with Gasteiger partial charge in [-0.05, 0) is 25.7 Å². The van der Waals surface area contributed by atoms with E-state index in [1.54, 1.807) is 0 Å². The van der Waals surface area contributed by atoms with E-state index in [1.165, 1.54) is 0 Å². The van der Waals surface area contributed by atoms with E-state index in [-0.39, 0.29) is 44.4 Å². The lowest BCUT2D eigenvalue weighted by Gasteiger charge is -2.06. The van der Waals surface area contributed by atoms with Crippen LogP contribution in [0.5, 0.6) is 0 Å². The van der Waals surface area contributed by atoms with Crippen molar-refractivity contribution in [3.63, 3.8) is 0 Å². The van der Waals surface area contributed by atoms with Crippen LogP contribution in [0.4, 0.5) is 0 Å². The Morgan fingerprint density at radius 2 is 0.812 bits per heavy atom. The molecule has 0 aliphatic carbocycles. The van der Waals surface area contributed by atoms with Crippen LogP contribution >= 0.6 is 0 Å². The molecule has 32 heavy (non-hydrogen) atoms. The fraction of sp³-hybridized carbons (Fsp3) is 0.727. The maximum absolute atomic E-state index is 11.7. The number of hydrogen-bond donors (Lipinski definition) is 3. The molecule has 0 radical (unpaired) electrons. The number of rotatable bonds is 19. The van der Waals surface area contributed by atoms with Crippen molar-refractivity contribution in [2.75, 3.05) is 0 Å². The van der Waals surface area contributed by atoms with Gasteiger partial charge < -0.3 is 19.7 Å². The van der Waals surface area contributed by atoms with Crippen LogP contribution < -0.4 is 0 Å². The monoisotopic (exact) mass is 457 g/mol. The molecule has 0 rings (SSSR count). The van der Waals surface area contributed by atoms with Gasteiger partial charge in [0.2, 0.25) is 0 Å². The van der Waals surface area contributed by atoms with E-state index in [2.05, 4.69) is 4.74 Å². The maximum atomic E-state index is 11.7. The average molecular weight is 458 g/mol. The summed E-state index contributed by atoms with van der Waals surface area (Å²) < 4.78 is 9.49. The summed E-state index contributed by atoms with van der Waals surface area (Å²) in [7, 11) is 0. The smallest absolute Gasteiger partial charge is 0.313 e. The molecule has 0 heterocycles. The molecule has 0 bridgehead atoms. The first-order chi connectivity index (χ1) is 15.2. The molecule has 0 atom stereocenters. The predicted octanol–water partition coefficient (Wildman–Crippen LogP) is 3.99. The first kappa shape index (κ1) is 29.2. The van der Waals surface area contributed by atoms with Crippen LogP contribution in [0.15, 0.2) is 0 Å². The highest BCUT2D eigenvalue weighted by atomic mass is 16.6. The molecule has 0 spiro atoms. The van der Waals surface area contributed by atoms with Crippen LogP contribution in [-0.2, 0) is 33.4 Å². The minimum atomic E-state index is -0.823. The second kappa shape index (κ2) is 18.9. The Labute approximate surface area is 188 Å². The molecule has 0 aromatic carbocycles. The molecule has 10 nitrogen and oxygen atoms in total. The summed E-state index contributed by atoms with van der Waals surface area (Å²) >= 11 is 0. The number of unbranched alkanes of at least 4 members (excludes halogenated alkanes) is 8.